The molecule has 4 aliphatic carbocycles. The van der Waals surface area contributed by atoms with Crippen LogP contribution >= 0.6 is 0 Å². The minimum Gasteiger partial charge on any atom is -0.326 e. The molecule has 160 valence electrons. The average Bonchev–Trinajstić information content (AvgIpc) is 2.67. The first-order valence-electron chi connectivity index (χ1n) is 10.3. The van der Waals surface area contributed by atoms with Crippen LogP contribution < -0.4 is 10.5 Å². The third kappa shape index (κ3) is 4.45. The predicted octanol–water partition coefficient (Wildman–Crippen LogP) is 3.55. The summed E-state index contributed by atoms with van der Waals surface area (Å²) < 4.78 is 51.4. The Morgan fingerprint density at radius 2 is 1.90 bits per heavy atom. The number of hydrogen-bond acceptors (Lipinski definition) is 4. The van der Waals surface area contributed by atoms with Crippen molar-refractivity contribution in [3.63, 3.8) is 0 Å². The number of fused-ring (bicyclic) bond motifs is 3. The summed E-state index contributed by atoms with van der Waals surface area (Å²) in [6, 6.07) is 2.59. The van der Waals surface area contributed by atoms with Gasteiger partial charge >= 0.3 is 0 Å². The van der Waals surface area contributed by atoms with Crippen LogP contribution in [0.25, 0.3) is 0 Å². The van der Waals surface area contributed by atoms with E-state index in [-0.39, 0.29) is 23.1 Å². The van der Waals surface area contributed by atoms with E-state index in [0.717, 1.165) is 25.3 Å². The molecule has 6 nitrogen and oxygen atoms in total. The number of pyridine rings is 1. The Morgan fingerprint density at radius 1 is 1.17 bits per heavy atom. The molecule has 0 aromatic carbocycles. The molecule has 4 saturated carbocycles. The number of sulfonamides is 1. The van der Waals surface area contributed by atoms with Crippen LogP contribution in [0.15, 0.2) is 23.4 Å². The molecule has 3 atom stereocenters. The molecule has 1 aromatic heterocycles. The maximum atomic E-state index is 14.2. The molecular formula is C20H27F2N3O3S. The summed E-state index contributed by atoms with van der Waals surface area (Å²) in [5.74, 6) is -2.64. The summed E-state index contributed by atoms with van der Waals surface area (Å²) in [5.41, 5.74) is 0.201. The Balaban J connectivity index is 1.55. The van der Waals surface area contributed by atoms with Gasteiger partial charge < -0.3 is 5.32 Å². The van der Waals surface area contributed by atoms with Gasteiger partial charge in [0.1, 0.15) is 0 Å². The molecule has 0 spiro atoms. The second kappa shape index (κ2) is 7.58. The molecule has 4 aliphatic rings. The van der Waals surface area contributed by atoms with Gasteiger partial charge in [-0.05, 0) is 55.4 Å². The highest BCUT2D eigenvalue weighted by Gasteiger charge is 2.50. The molecule has 1 amide bonds. The molecule has 29 heavy (non-hydrogen) atoms. The number of carbonyl (C=O) groups excluding carboxylic acids is 1. The monoisotopic (exact) mass is 427 g/mol. The number of hydrogen-bond donors (Lipinski definition) is 2. The Kier molecular flexibility index (Phi) is 5.40. The summed E-state index contributed by atoms with van der Waals surface area (Å²) in [4.78, 5) is 16.7. The fourth-order valence-electron chi connectivity index (χ4n) is 5.79. The summed E-state index contributed by atoms with van der Waals surface area (Å²) in [6.45, 7) is 0. The minimum atomic E-state index is -4.02. The van der Waals surface area contributed by atoms with Crippen LogP contribution in [0.3, 0.4) is 0 Å². The molecule has 0 aliphatic heterocycles. The average molecular weight is 428 g/mol. The second-order valence-electron chi connectivity index (χ2n) is 8.97. The van der Waals surface area contributed by atoms with Crippen LogP contribution in [0.5, 0.6) is 0 Å². The first-order valence-corrected chi connectivity index (χ1v) is 11.8. The highest BCUT2D eigenvalue weighted by molar-refractivity contribution is 7.89. The van der Waals surface area contributed by atoms with Crippen LogP contribution in [0, 0.1) is 29.6 Å². The number of carbonyl (C=O) groups is 1. The van der Waals surface area contributed by atoms with E-state index in [1.807, 2.05) is 0 Å². The molecule has 4 fully saturated rings. The zero-order valence-corrected chi connectivity index (χ0v) is 17.0. The highest BCUT2D eigenvalue weighted by atomic mass is 32.2. The van der Waals surface area contributed by atoms with Crippen molar-refractivity contribution in [2.24, 2.45) is 34.7 Å². The van der Waals surface area contributed by atoms with Gasteiger partial charge in [0.25, 0.3) is 10.0 Å². The molecule has 5 rings (SSSR count). The van der Waals surface area contributed by atoms with Crippen molar-refractivity contribution in [1.29, 1.82) is 0 Å². The number of aromatic nitrogens is 1. The maximum Gasteiger partial charge on any atom is 0.255 e. The number of alkyl halides is 2. The number of nitrogens with zero attached hydrogens (tertiary/aromatic N) is 1. The Hall–Kier alpha value is -1.61. The zero-order chi connectivity index (χ0) is 20.8. The standard InChI is InChI=1S/C20H27F2N3O3S/c21-20(22)7-5-15(16-9-12-1-3-13(16)4-2-12)17(11-20)19(26)25-14-6-8-24-18(10-14)29(23,27)28/h6,8,10,12-13,15-17H,1-5,7,9,11H2,(H2,23,27,28)(H,24,25,26). The van der Waals surface area contributed by atoms with Gasteiger partial charge in [0.2, 0.25) is 11.8 Å². The largest absolute Gasteiger partial charge is 0.326 e. The van der Waals surface area contributed by atoms with Gasteiger partial charge in [-0.25, -0.2) is 27.3 Å². The van der Waals surface area contributed by atoms with Crippen molar-refractivity contribution in [2.45, 2.75) is 62.3 Å². The van der Waals surface area contributed by atoms with Crippen molar-refractivity contribution in [2.75, 3.05) is 5.32 Å². The minimum absolute atomic E-state index is 0.0535. The van der Waals surface area contributed by atoms with E-state index < -0.39 is 34.2 Å². The molecule has 0 saturated heterocycles. The van der Waals surface area contributed by atoms with E-state index in [4.69, 9.17) is 5.14 Å². The SMILES string of the molecule is NS(=O)(=O)c1cc(NC(=O)C2CC(F)(F)CCC2C2CC3CCC2CC3)ccn1. The van der Waals surface area contributed by atoms with E-state index >= 15 is 0 Å². The lowest BCUT2D eigenvalue weighted by Crippen LogP contribution is -2.46. The zero-order valence-electron chi connectivity index (χ0n) is 16.2. The summed E-state index contributed by atoms with van der Waals surface area (Å²) >= 11 is 0. The second-order valence-corrected chi connectivity index (χ2v) is 10.5. The Labute approximate surface area is 169 Å². The van der Waals surface area contributed by atoms with Crippen molar-refractivity contribution in [1.82, 2.24) is 4.98 Å². The van der Waals surface area contributed by atoms with Gasteiger partial charge in [0.15, 0.2) is 5.03 Å². The van der Waals surface area contributed by atoms with Gasteiger partial charge in [-0.3, -0.25) is 4.79 Å². The first-order chi connectivity index (χ1) is 13.6. The van der Waals surface area contributed by atoms with Gasteiger partial charge in [0.05, 0.1) is 0 Å². The Morgan fingerprint density at radius 3 is 2.52 bits per heavy atom. The number of rotatable bonds is 4. The number of nitrogens with one attached hydrogen (secondary N) is 1. The van der Waals surface area contributed by atoms with Gasteiger partial charge in [0, 0.05) is 36.7 Å². The lowest BCUT2D eigenvalue weighted by molar-refractivity contribution is -0.137. The third-order valence-corrected chi connectivity index (χ3v) is 7.97. The lowest BCUT2D eigenvalue weighted by atomic mass is 9.56. The smallest absolute Gasteiger partial charge is 0.255 e. The van der Waals surface area contributed by atoms with Gasteiger partial charge in [-0.2, -0.15) is 0 Å². The van der Waals surface area contributed by atoms with Crippen LogP contribution in [0.1, 0.15) is 51.4 Å². The molecule has 3 unspecified atom stereocenters. The summed E-state index contributed by atoms with van der Waals surface area (Å²) in [5, 5.41) is 7.36. The fourth-order valence-corrected chi connectivity index (χ4v) is 6.28. The first kappa shape index (κ1) is 20.7. The molecule has 2 bridgehead atoms. The van der Waals surface area contributed by atoms with Gasteiger partial charge in [-0.15, -0.1) is 0 Å². The Bertz CT molecular complexity index is 885. The topological polar surface area (TPSA) is 102 Å². The quantitative estimate of drug-likeness (QED) is 0.767. The van der Waals surface area contributed by atoms with E-state index in [9.17, 15) is 22.0 Å². The molecule has 3 N–H and O–H groups in total. The fraction of sp³-hybridized carbons (Fsp3) is 0.700. The van der Waals surface area contributed by atoms with Crippen molar-refractivity contribution >= 4 is 21.6 Å². The normalized spacial score (nSPS) is 34.0. The number of amides is 1. The number of primary sulfonamides is 1. The van der Waals surface area contributed by atoms with Gasteiger partial charge in [-0.1, -0.05) is 12.8 Å². The van der Waals surface area contributed by atoms with E-state index in [1.54, 1.807) is 0 Å². The van der Waals surface area contributed by atoms with E-state index in [2.05, 4.69) is 10.3 Å². The molecule has 1 aromatic rings. The summed E-state index contributed by atoms with van der Waals surface area (Å²) in [7, 11) is -4.02. The highest BCUT2D eigenvalue weighted by Crippen LogP contribution is 2.54. The van der Waals surface area contributed by atoms with Crippen LogP contribution in [-0.2, 0) is 14.8 Å². The third-order valence-electron chi connectivity index (χ3n) is 7.16. The predicted molar refractivity (Wildman–Crippen MR) is 104 cm³/mol. The summed E-state index contributed by atoms with van der Waals surface area (Å²) in [6.07, 6.45) is 6.71. The van der Waals surface area contributed by atoms with E-state index in [1.165, 1.54) is 25.1 Å². The van der Waals surface area contributed by atoms with Crippen LogP contribution in [-0.4, -0.2) is 25.2 Å². The molecule has 9 heteroatoms. The lowest BCUT2D eigenvalue weighted by Gasteiger charge is -2.49. The van der Waals surface area contributed by atoms with Crippen LogP contribution in [0.2, 0.25) is 0 Å². The van der Waals surface area contributed by atoms with Crippen molar-refractivity contribution in [3.05, 3.63) is 18.3 Å². The van der Waals surface area contributed by atoms with Crippen LogP contribution in [0.4, 0.5) is 14.5 Å². The maximum absolute atomic E-state index is 14.2. The van der Waals surface area contributed by atoms with E-state index in [0.29, 0.717) is 24.2 Å². The van der Waals surface area contributed by atoms with Crippen molar-refractivity contribution < 1.29 is 22.0 Å². The molecule has 0 radical (unpaired) electrons. The van der Waals surface area contributed by atoms with Crippen molar-refractivity contribution in [3.8, 4) is 0 Å². The molecular weight excluding hydrogens is 400 g/mol. The number of halogens is 2. The number of anilines is 1. The number of nitrogens with two attached hydrogens (primary N) is 1. The molecule has 1 heterocycles.